The molecule has 1 atom stereocenters. The molecule has 1 rings (SSSR count). The molecule has 0 fully saturated rings. The fourth-order valence-electron chi connectivity index (χ4n) is 1.04. The lowest BCUT2D eigenvalue weighted by Crippen LogP contribution is -2.15. The SMILES string of the molecule is C[C@H](O)COc1ccccc1C(F)(F)F. The third-order valence-corrected chi connectivity index (χ3v) is 1.67. The van der Waals surface area contributed by atoms with Crippen LogP contribution in [0, 0.1) is 0 Å². The minimum atomic E-state index is -4.44. The fraction of sp³-hybridized carbons (Fsp3) is 0.400. The summed E-state index contributed by atoms with van der Waals surface area (Å²) in [6.07, 6.45) is -5.23. The molecule has 0 saturated heterocycles. The van der Waals surface area contributed by atoms with E-state index in [0.717, 1.165) is 6.07 Å². The van der Waals surface area contributed by atoms with Gasteiger partial charge in [0.2, 0.25) is 0 Å². The summed E-state index contributed by atoms with van der Waals surface area (Å²) in [6.45, 7) is 1.28. The first-order valence-electron chi connectivity index (χ1n) is 4.38. The number of rotatable bonds is 3. The summed E-state index contributed by atoms with van der Waals surface area (Å²) < 4.78 is 42.1. The molecule has 1 aromatic carbocycles. The van der Waals surface area contributed by atoms with Crippen LogP contribution in [0.4, 0.5) is 13.2 Å². The van der Waals surface area contributed by atoms with E-state index < -0.39 is 17.8 Å². The molecular weight excluding hydrogens is 209 g/mol. The molecular formula is C10H11F3O2. The van der Waals surface area contributed by atoms with E-state index in [0.29, 0.717) is 0 Å². The van der Waals surface area contributed by atoms with E-state index in [4.69, 9.17) is 9.84 Å². The zero-order valence-corrected chi connectivity index (χ0v) is 8.08. The Labute approximate surface area is 85.3 Å². The van der Waals surface area contributed by atoms with Crippen molar-refractivity contribution in [2.45, 2.75) is 19.2 Å². The minimum absolute atomic E-state index is 0.160. The summed E-state index contributed by atoms with van der Waals surface area (Å²) in [4.78, 5) is 0. The van der Waals surface area contributed by atoms with E-state index in [1.807, 2.05) is 0 Å². The summed E-state index contributed by atoms with van der Waals surface area (Å²) in [5.41, 5.74) is -0.828. The topological polar surface area (TPSA) is 29.5 Å². The maximum absolute atomic E-state index is 12.4. The maximum atomic E-state index is 12.4. The summed E-state index contributed by atoms with van der Waals surface area (Å²) in [5, 5.41) is 8.90. The van der Waals surface area contributed by atoms with Crippen LogP contribution < -0.4 is 4.74 Å². The first-order chi connectivity index (χ1) is 6.91. The molecule has 0 unspecified atom stereocenters. The molecule has 0 radical (unpaired) electrons. The highest BCUT2D eigenvalue weighted by atomic mass is 19.4. The Bertz CT molecular complexity index is 321. The van der Waals surface area contributed by atoms with Crippen molar-refractivity contribution in [2.24, 2.45) is 0 Å². The van der Waals surface area contributed by atoms with Gasteiger partial charge in [-0.15, -0.1) is 0 Å². The van der Waals surface area contributed by atoms with Crippen LogP contribution in [-0.4, -0.2) is 17.8 Å². The summed E-state index contributed by atoms with van der Waals surface area (Å²) >= 11 is 0. The van der Waals surface area contributed by atoms with Gasteiger partial charge in [-0.2, -0.15) is 13.2 Å². The van der Waals surface area contributed by atoms with Crippen LogP contribution >= 0.6 is 0 Å². The van der Waals surface area contributed by atoms with Gasteiger partial charge in [-0.05, 0) is 19.1 Å². The molecule has 0 saturated carbocycles. The van der Waals surface area contributed by atoms with Crippen LogP contribution in [0.5, 0.6) is 5.75 Å². The lowest BCUT2D eigenvalue weighted by atomic mass is 10.2. The van der Waals surface area contributed by atoms with Gasteiger partial charge in [-0.1, -0.05) is 12.1 Å². The Morgan fingerprint density at radius 3 is 2.47 bits per heavy atom. The highest BCUT2D eigenvalue weighted by molar-refractivity contribution is 5.35. The zero-order valence-electron chi connectivity index (χ0n) is 8.08. The van der Waals surface area contributed by atoms with Crippen LogP contribution in [0.3, 0.4) is 0 Å². The molecule has 1 aromatic rings. The fourth-order valence-corrected chi connectivity index (χ4v) is 1.04. The van der Waals surface area contributed by atoms with Crippen molar-refractivity contribution in [3.05, 3.63) is 29.8 Å². The molecule has 0 heterocycles. The van der Waals surface area contributed by atoms with Gasteiger partial charge in [0, 0.05) is 0 Å². The number of benzene rings is 1. The Morgan fingerprint density at radius 1 is 1.33 bits per heavy atom. The lowest BCUT2D eigenvalue weighted by Gasteiger charge is -2.14. The van der Waals surface area contributed by atoms with Gasteiger partial charge in [0.25, 0.3) is 0 Å². The lowest BCUT2D eigenvalue weighted by molar-refractivity contribution is -0.139. The molecule has 0 bridgehead atoms. The van der Waals surface area contributed by atoms with E-state index >= 15 is 0 Å². The van der Waals surface area contributed by atoms with Crippen molar-refractivity contribution in [2.75, 3.05) is 6.61 Å². The van der Waals surface area contributed by atoms with Crippen LogP contribution in [0.25, 0.3) is 0 Å². The number of halogens is 3. The molecule has 0 amide bonds. The average molecular weight is 220 g/mol. The van der Waals surface area contributed by atoms with E-state index in [1.54, 1.807) is 0 Å². The number of aliphatic hydroxyl groups excluding tert-OH is 1. The van der Waals surface area contributed by atoms with Crippen molar-refractivity contribution in [3.63, 3.8) is 0 Å². The van der Waals surface area contributed by atoms with E-state index in [1.165, 1.54) is 25.1 Å². The van der Waals surface area contributed by atoms with E-state index in [2.05, 4.69) is 0 Å². The third-order valence-electron chi connectivity index (χ3n) is 1.67. The first-order valence-corrected chi connectivity index (χ1v) is 4.38. The molecule has 2 nitrogen and oxygen atoms in total. The highest BCUT2D eigenvalue weighted by Crippen LogP contribution is 2.35. The average Bonchev–Trinajstić information content (AvgIpc) is 2.13. The van der Waals surface area contributed by atoms with Gasteiger partial charge in [0.1, 0.15) is 12.4 Å². The molecule has 15 heavy (non-hydrogen) atoms. The first kappa shape index (κ1) is 11.8. The maximum Gasteiger partial charge on any atom is 0.419 e. The monoisotopic (exact) mass is 220 g/mol. The van der Waals surface area contributed by atoms with Gasteiger partial charge >= 0.3 is 6.18 Å². The minimum Gasteiger partial charge on any atom is -0.490 e. The Morgan fingerprint density at radius 2 is 1.93 bits per heavy atom. The number of alkyl halides is 3. The van der Waals surface area contributed by atoms with Crippen molar-refractivity contribution in [1.82, 2.24) is 0 Å². The molecule has 0 spiro atoms. The number of aliphatic hydroxyl groups is 1. The molecule has 0 aromatic heterocycles. The van der Waals surface area contributed by atoms with Gasteiger partial charge in [0.15, 0.2) is 0 Å². The summed E-state index contributed by atoms with van der Waals surface area (Å²) in [7, 11) is 0. The van der Waals surface area contributed by atoms with Gasteiger partial charge in [-0.25, -0.2) is 0 Å². The van der Waals surface area contributed by atoms with Crippen LogP contribution in [0.2, 0.25) is 0 Å². The molecule has 84 valence electrons. The number of hydrogen-bond donors (Lipinski definition) is 1. The van der Waals surface area contributed by atoms with Crippen LogP contribution in [0.1, 0.15) is 12.5 Å². The van der Waals surface area contributed by atoms with Crippen molar-refractivity contribution in [3.8, 4) is 5.75 Å². The van der Waals surface area contributed by atoms with E-state index in [-0.39, 0.29) is 12.4 Å². The Balaban J connectivity index is 2.87. The quantitative estimate of drug-likeness (QED) is 0.847. The van der Waals surface area contributed by atoms with Gasteiger partial charge in [-0.3, -0.25) is 0 Å². The van der Waals surface area contributed by atoms with E-state index in [9.17, 15) is 13.2 Å². The van der Waals surface area contributed by atoms with Crippen molar-refractivity contribution < 1.29 is 23.0 Å². The Hall–Kier alpha value is -1.23. The van der Waals surface area contributed by atoms with Crippen LogP contribution in [-0.2, 0) is 6.18 Å². The second-order valence-electron chi connectivity index (χ2n) is 3.15. The standard InChI is InChI=1S/C10H11F3O2/c1-7(14)6-15-9-5-3-2-4-8(9)10(11,12)13/h2-5,7,14H,6H2,1H3/t7-/m0/s1. The predicted octanol–water partition coefficient (Wildman–Crippen LogP) is 2.47. The van der Waals surface area contributed by atoms with Crippen molar-refractivity contribution >= 4 is 0 Å². The van der Waals surface area contributed by atoms with Gasteiger partial charge in [0.05, 0.1) is 11.7 Å². The third kappa shape index (κ3) is 3.43. The number of para-hydroxylation sites is 1. The van der Waals surface area contributed by atoms with Crippen molar-refractivity contribution in [1.29, 1.82) is 0 Å². The highest BCUT2D eigenvalue weighted by Gasteiger charge is 2.33. The zero-order chi connectivity index (χ0) is 11.5. The molecule has 0 aliphatic carbocycles. The molecule has 0 aliphatic heterocycles. The number of hydrogen-bond acceptors (Lipinski definition) is 2. The molecule has 5 heteroatoms. The normalized spacial score (nSPS) is 13.7. The largest absolute Gasteiger partial charge is 0.490 e. The Kier molecular flexibility index (Phi) is 3.57. The summed E-state index contributed by atoms with van der Waals surface area (Å²) in [5.74, 6) is -0.258. The number of ether oxygens (including phenoxy) is 1. The second kappa shape index (κ2) is 4.53. The van der Waals surface area contributed by atoms with Crippen LogP contribution in [0.15, 0.2) is 24.3 Å². The van der Waals surface area contributed by atoms with Gasteiger partial charge < -0.3 is 9.84 Å². The summed E-state index contributed by atoms with van der Waals surface area (Å²) in [6, 6.07) is 4.91. The molecule has 1 N–H and O–H groups in total. The smallest absolute Gasteiger partial charge is 0.419 e. The second-order valence-corrected chi connectivity index (χ2v) is 3.15. The predicted molar refractivity (Wildman–Crippen MR) is 48.6 cm³/mol. The molecule has 0 aliphatic rings.